The second kappa shape index (κ2) is 4.28. The van der Waals surface area contributed by atoms with Crippen LogP contribution in [0.1, 0.15) is 19.3 Å². The Labute approximate surface area is 61.7 Å². The summed E-state index contributed by atoms with van der Waals surface area (Å²) in [6.45, 7) is 2.78. The molecule has 1 heterocycles. The van der Waals surface area contributed by atoms with E-state index in [9.17, 15) is 0 Å². The van der Waals surface area contributed by atoms with Gasteiger partial charge in [-0.2, -0.15) is 0 Å². The van der Waals surface area contributed by atoms with Gasteiger partial charge in [-0.05, 0) is 19.4 Å². The van der Waals surface area contributed by atoms with Crippen molar-refractivity contribution in [1.82, 2.24) is 5.32 Å². The van der Waals surface area contributed by atoms with Crippen molar-refractivity contribution in [3.05, 3.63) is 0 Å². The quantitative estimate of drug-likeness (QED) is 0.546. The summed E-state index contributed by atoms with van der Waals surface area (Å²) in [7, 11) is 0. The maximum absolute atomic E-state index is 5.35. The van der Waals surface area contributed by atoms with Crippen LogP contribution in [0.3, 0.4) is 0 Å². The van der Waals surface area contributed by atoms with E-state index in [-0.39, 0.29) is 0 Å². The molecule has 0 aromatic carbocycles. The molecule has 0 radical (unpaired) electrons. The van der Waals surface area contributed by atoms with Crippen LogP contribution >= 0.6 is 0 Å². The summed E-state index contributed by atoms with van der Waals surface area (Å²) in [4.78, 5) is 4.27. The zero-order chi connectivity index (χ0) is 7.23. The molecule has 0 aliphatic carbocycles. The summed E-state index contributed by atoms with van der Waals surface area (Å²) in [6.07, 6.45) is 3.36. The van der Waals surface area contributed by atoms with Crippen LogP contribution in [0.2, 0.25) is 0 Å². The maximum Gasteiger partial charge on any atom is 0.0964 e. The first-order chi connectivity index (χ1) is 4.93. The van der Waals surface area contributed by atoms with E-state index in [0.29, 0.717) is 0 Å². The Kier molecular flexibility index (Phi) is 3.22. The number of hydrogen-bond donors (Lipinski definition) is 2. The van der Waals surface area contributed by atoms with Gasteiger partial charge in [0.25, 0.3) is 0 Å². The lowest BCUT2D eigenvalue weighted by atomic mass is 10.2. The first-order valence-corrected chi connectivity index (χ1v) is 3.91. The molecule has 3 nitrogen and oxygen atoms in total. The largest absolute Gasteiger partial charge is 0.372 e. The van der Waals surface area contributed by atoms with E-state index >= 15 is 0 Å². The van der Waals surface area contributed by atoms with E-state index in [1.807, 2.05) is 0 Å². The van der Waals surface area contributed by atoms with Crippen LogP contribution in [0, 0.1) is 0 Å². The van der Waals surface area contributed by atoms with Crippen LogP contribution in [0.4, 0.5) is 0 Å². The third kappa shape index (κ3) is 2.35. The summed E-state index contributed by atoms with van der Waals surface area (Å²) in [5.74, 6) is 1.17. The summed E-state index contributed by atoms with van der Waals surface area (Å²) in [6, 6.07) is 0. The van der Waals surface area contributed by atoms with Gasteiger partial charge in [-0.1, -0.05) is 0 Å². The predicted molar refractivity (Wildman–Crippen MR) is 43.2 cm³/mol. The van der Waals surface area contributed by atoms with Crippen molar-refractivity contribution in [1.29, 1.82) is 0 Å². The minimum atomic E-state index is 0.799. The van der Waals surface area contributed by atoms with Crippen LogP contribution in [0.15, 0.2) is 4.99 Å². The Balaban J connectivity index is 2.01. The fraction of sp³-hybridized carbons (Fsp3) is 0.857. The smallest absolute Gasteiger partial charge is 0.0964 e. The number of nitrogens with one attached hydrogen (secondary N) is 1. The van der Waals surface area contributed by atoms with Gasteiger partial charge in [0, 0.05) is 13.0 Å². The van der Waals surface area contributed by atoms with Crippen LogP contribution < -0.4 is 11.1 Å². The third-order valence-electron chi connectivity index (χ3n) is 1.61. The topological polar surface area (TPSA) is 50.4 Å². The minimum absolute atomic E-state index is 0.799. The molecule has 0 aromatic rings. The molecular weight excluding hydrogens is 126 g/mol. The molecule has 0 bridgehead atoms. The van der Waals surface area contributed by atoms with Gasteiger partial charge in [-0.25, -0.2) is 0 Å². The van der Waals surface area contributed by atoms with Gasteiger partial charge in [0.15, 0.2) is 0 Å². The van der Waals surface area contributed by atoms with E-state index in [1.54, 1.807) is 0 Å². The van der Waals surface area contributed by atoms with Gasteiger partial charge in [0.1, 0.15) is 0 Å². The Morgan fingerprint density at radius 2 is 2.40 bits per heavy atom. The van der Waals surface area contributed by atoms with Crippen molar-refractivity contribution < 1.29 is 0 Å². The summed E-state index contributed by atoms with van der Waals surface area (Å²) in [5.41, 5.74) is 5.35. The molecule has 0 amide bonds. The lowest BCUT2D eigenvalue weighted by Crippen LogP contribution is -2.18. The molecule has 1 aliphatic heterocycles. The van der Waals surface area contributed by atoms with E-state index in [2.05, 4.69) is 10.3 Å². The average Bonchev–Trinajstić information content (AvgIpc) is 2.41. The molecule has 0 fully saturated rings. The number of aliphatic imine (C=N–C) groups is 1. The molecular formula is C7H15N3. The van der Waals surface area contributed by atoms with E-state index in [4.69, 9.17) is 5.73 Å². The van der Waals surface area contributed by atoms with E-state index in [0.717, 1.165) is 32.5 Å². The lowest BCUT2D eigenvalue weighted by Gasteiger charge is -1.99. The zero-order valence-electron chi connectivity index (χ0n) is 6.27. The Morgan fingerprint density at radius 1 is 1.50 bits per heavy atom. The molecule has 1 aliphatic rings. The zero-order valence-corrected chi connectivity index (χ0v) is 6.27. The van der Waals surface area contributed by atoms with Gasteiger partial charge in [-0.15, -0.1) is 0 Å². The van der Waals surface area contributed by atoms with Crippen molar-refractivity contribution in [2.75, 3.05) is 19.6 Å². The molecule has 10 heavy (non-hydrogen) atoms. The standard InChI is InChI=1S/C7H15N3/c8-4-2-1-3-7-9-5-6-10-7/h1-6,8H2,(H,9,10). The minimum Gasteiger partial charge on any atom is -0.372 e. The summed E-state index contributed by atoms with van der Waals surface area (Å²) in [5, 5.41) is 3.22. The monoisotopic (exact) mass is 141 g/mol. The lowest BCUT2D eigenvalue weighted by molar-refractivity contribution is 0.764. The molecule has 0 atom stereocenters. The van der Waals surface area contributed by atoms with E-state index < -0.39 is 0 Å². The van der Waals surface area contributed by atoms with Gasteiger partial charge >= 0.3 is 0 Å². The first-order valence-electron chi connectivity index (χ1n) is 3.91. The molecule has 3 N–H and O–H groups in total. The second-order valence-electron chi connectivity index (χ2n) is 2.50. The highest BCUT2D eigenvalue weighted by molar-refractivity contribution is 5.83. The number of amidine groups is 1. The van der Waals surface area contributed by atoms with Gasteiger partial charge in [0.05, 0.1) is 12.4 Å². The van der Waals surface area contributed by atoms with Gasteiger partial charge < -0.3 is 11.1 Å². The summed E-state index contributed by atoms with van der Waals surface area (Å²) < 4.78 is 0. The van der Waals surface area contributed by atoms with Crippen molar-refractivity contribution in [2.24, 2.45) is 10.7 Å². The molecule has 0 saturated heterocycles. The molecule has 0 saturated carbocycles. The molecule has 0 spiro atoms. The summed E-state index contributed by atoms with van der Waals surface area (Å²) >= 11 is 0. The molecule has 3 heteroatoms. The third-order valence-corrected chi connectivity index (χ3v) is 1.61. The van der Waals surface area contributed by atoms with Crippen molar-refractivity contribution >= 4 is 5.84 Å². The van der Waals surface area contributed by atoms with Crippen molar-refractivity contribution in [3.63, 3.8) is 0 Å². The Bertz CT molecular complexity index is 120. The maximum atomic E-state index is 5.35. The molecule has 0 unspecified atom stereocenters. The van der Waals surface area contributed by atoms with Crippen LogP contribution in [-0.2, 0) is 0 Å². The highest BCUT2D eigenvalue weighted by atomic mass is 15.1. The van der Waals surface area contributed by atoms with Crippen LogP contribution in [-0.4, -0.2) is 25.5 Å². The predicted octanol–water partition coefficient (Wildman–Crippen LogP) is 0.117. The number of unbranched alkanes of at least 4 members (excludes halogenated alkanes) is 1. The van der Waals surface area contributed by atoms with Gasteiger partial charge in [-0.3, -0.25) is 4.99 Å². The molecule has 1 rings (SSSR count). The Hall–Kier alpha value is -0.570. The SMILES string of the molecule is NCCCCC1=NCCN1. The van der Waals surface area contributed by atoms with E-state index in [1.165, 1.54) is 12.3 Å². The van der Waals surface area contributed by atoms with Crippen LogP contribution in [0.25, 0.3) is 0 Å². The van der Waals surface area contributed by atoms with Crippen LogP contribution in [0.5, 0.6) is 0 Å². The van der Waals surface area contributed by atoms with Crippen molar-refractivity contribution in [3.8, 4) is 0 Å². The second-order valence-corrected chi connectivity index (χ2v) is 2.50. The number of rotatable bonds is 4. The highest BCUT2D eigenvalue weighted by Gasteiger charge is 2.02. The number of nitrogens with two attached hydrogens (primary N) is 1. The molecule has 58 valence electrons. The number of hydrogen-bond acceptors (Lipinski definition) is 3. The highest BCUT2D eigenvalue weighted by Crippen LogP contribution is 1.97. The average molecular weight is 141 g/mol. The fourth-order valence-electron chi connectivity index (χ4n) is 1.05. The fourth-order valence-corrected chi connectivity index (χ4v) is 1.05. The number of nitrogens with zero attached hydrogens (tertiary/aromatic N) is 1. The molecule has 0 aromatic heterocycles. The first kappa shape index (κ1) is 7.54. The van der Waals surface area contributed by atoms with Crippen molar-refractivity contribution in [2.45, 2.75) is 19.3 Å². The van der Waals surface area contributed by atoms with Gasteiger partial charge in [0.2, 0.25) is 0 Å². The normalized spacial score (nSPS) is 16.7. The Morgan fingerprint density at radius 3 is 3.00 bits per heavy atom.